The van der Waals surface area contributed by atoms with Crippen molar-refractivity contribution < 1.29 is 0 Å². The molecule has 0 atom stereocenters. The summed E-state index contributed by atoms with van der Waals surface area (Å²) in [6.45, 7) is 8.24. The average molecular weight is 224 g/mol. The second-order valence-corrected chi connectivity index (χ2v) is 5.35. The molecule has 0 aliphatic carbocycles. The van der Waals surface area contributed by atoms with E-state index in [0.29, 0.717) is 0 Å². The summed E-state index contributed by atoms with van der Waals surface area (Å²) in [6, 6.07) is 2.36. The van der Waals surface area contributed by atoms with Crippen LogP contribution in [-0.2, 0) is 13.0 Å². The Morgan fingerprint density at radius 1 is 1.27 bits per heavy atom. The largest absolute Gasteiger partial charge is 0.304 e. The zero-order valence-electron chi connectivity index (χ0n) is 9.70. The molecule has 0 radical (unpaired) electrons. The Balaban J connectivity index is 1.86. The van der Waals surface area contributed by atoms with Crippen molar-refractivity contribution in [1.82, 2.24) is 9.80 Å². The third-order valence-corrected chi connectivity index (χ3v) is 4.06. The van der Waals surface area contributed by atoms with Crippen LogP contribution < -0.4 is 0 Å². The van der Waals surface area contributed by atoms with E-state index >= 15 is 0 Å². The van der Waals surface area contributed by atoms with Crippen molar-refractivity contribution in [1.29, 1.82) is 0 Å². The van der Waals surface area contributed by atoms with Gasteiger partial charge >= 0.3 is 0 Å². The van der Waals surface area contributed by atoms with E-state index in [-0.39, 0.29) is 0 Å². The van der Waals surface area contributed by atoms with Gasteiger partial charge in [-0.2, -0.15) is 0 Å². The Morgan fingerprint density at radius 2 is 2.00 bits per heavy atom. The first-order chi connectivity index (χ1) is 7.28. The molecule has 2 heterocycles. The molecular weight excluding hydrogens is 204 g/mol. The molecule has 2 rings (SSSR count). The monoisotopic (exact) mass is 224 g/mol. The molecule has 3 heteroatoms. The summed E-state index contributed by atoms with van der Waals surface area (Å²) >= 11 is 1.91. The summed E-state index contributed by atoms with van der Waals surface area (Å²) in [5.41, 5.74) is 1.49. The number of hydrogen-bond donors (Lipinski definition) is 0. The number of rotatable bonds is 3. The molecule has 1 aliphatic rings. The highest BCUT2D eigenvalue weighted by atomic mass is 32.1. The highest BCUT2D eigenvalue weighted by Crippen LogP contribution is 2.17. The van der Waals surface area contributed by atoms with Crippen molar-refractivity contribution in [3.05, 3.63) is 21.9 Å². The number of nitrogens with zero attached hydrogens (tertiary/aromatic N) is 2. The maximum absolute atomic E-state index is 2.56. The number of likely N-dealkylation sites (N-methyl/N-ethyl adjacent to an activating group) is 1. The molecule has 15 heavy (non-hydrogen) atoms. The fraction of sp³-hybridized carbons (Fsp3) is 0.667. The molecule has 0 unspecified atom stereocenters. The number of piperazine rings is 1. The SMILES string of the molecule is CCc1csc(CN2CCN(C)CC2)c1. The maximum Gasteiger partial charge on any atom is 0.0329 e. The van der Waals surface area contributed by atoms with Gasteiger partial charge in [-0.1, -0.05) is 6.92 Å². The lowest BCUT2D eigenvalue weighted by Gasteiger charge is -2.31. The second-order valence-electron chi connectivity index (χ2n) is 4.35. The molecule has 1 aliphatic heterocycles. The van der Waals surface area contributed by atoms with Crippen molar-refractivity contribution in [3.63, 3.8) is 0 Å². The van der Waals surface area contributed by atoms with Crippen LogP contribution in [0.2, 0.25) is 0 Å². The summed E-state index contributed by atoms with van der Waals surface area (Å²) in [6.07, 6.45) is 1.17. The predicted octanol–water partition coefficient (Wildman–Crippen LogP) is 2.06. The van der Waals surface area contributed by atoms with Crippen LogP contribution in [0.3, 0.4) is 0 Å². The molecule has 0 amide bonds. The lowest BCUT2D eigenvalue weighted by atomic mass is 10.2. The molecule has 1 aromatic heterocycles. The van der Waals surface area contributed by atoms with E-state index < -0.39 is 0 Å². The molecular formula is C12H20N2S. The van der Waals surface area contributed by atoms with Crippen LogP contribution in [0.1, 0.15) is 17.4 Å². The molecule has 2 nitrogen and oxygen atoms in total. The third-order valence-electron chi connectivity index (χ3n) is 3.09. The van der Waals surface area contributed by atoms with Crippen LogP contribution in [-0.4, -0.2) is 43.0 Å². The zero-order valence-corrected chi connectivity index (χ0v) is 10.5. The first kappa shape index (κ1) is 11.1. The normalized spacial score (nSPS) is 19.6. The van der Waals surface area contributed by atoms with Gasteiger partial charge in [-0.3, -0.25) is 4.90 Å². The summed E-state index contributed by atoms with van der Waals surface area (Å²) < 4.78 is 0. The van der Waals surface area contributed by atoms with Gasteiger partial charge in [0.25, 0.3) is 0 Å². The minimum atomic E-state index is 1.15. The molecule has 0 spiro atoms. The Hall–Kier alpha value is -0.380. The quantitative estimate of drug-likeness (QED) is 0.775. The highest BCUT2D eigenvalue weighted by molar-refractivity contribution is 7.10. The first-order valence-corrected chi connectivity index (χ1v) is 6.63. The molecule has 1 fully saturated rings. The van der Waals surface area contributed by atoms with Crippen molar-refractivity contribution in [3.8, 4) is 0 Å². The highest BCUT2D eigenvalue weighted by Gasteiger charge is 2.14. The van der Waals surface area contributed by atoms with Crippen LogP contribution in [0.5, 0.6) is 0 Å². The Bertz CT molecular complexity index is 300. The van der Waals surface area contributed by atoms with Gasteiger partial charge in [0.05, 0.1) is 0 Å². The maximum atomic E-state index is 2.56. The first-order valence-electron chi connectivity index (χ1n) is 5.75. The summed E-state index contributed by atoms with van der Waals surface area (Å²) in [4.78, 5) is 6.49. The average Bonchev–Trinajstić information content (AvgIpc) is 2.69. The lowest BCUT2D eigenvalue weighted by Crippen LogP contribution is -2.43. The molecule has 84 valence electrons. The Kier molecular flexibility index (Phi) is 3.78. The molecule has 1 aromatic rings. The van der Waals surface area contributed by atoms with Crippen LogP contribution in [0.25, 0.3) is 0 Å². The van der Waals surface area contributed by atoms with Gasteiger partial charge in [-0.05, 0) is 30.5 Å². The van der Waals surface area contributed by atoms with Gasteiger partial charge in [-0.25, -0.2) is 0 Å². The van der Waals surface area contributed by atoms with E-state index in [1.54, 1.807) is 0 Å². The molecule has 0 saturated carbocycles. The topological polar surface area (TPSA) is 6.48 Å². The van der Waals surface area contributed by atoms with E-state index in [4.69, 9.17) is 0 Å². The van der Waals surface area contributed by atoms with Crippen molar-refractivity contribution in [2.75, 3.05) is 33.2 Å². The van der Waals surface area contributed by atoms with E-state index in [1.807, 2.05) is 11.3 Å². The molecule has 0 N–H and O–H groups in total. The predicted molar refractivity (Wildman–Crippen MR) is 66.5 cm³/mol. The molecule has 1 saturated heterocycles. The summed E-state index contributed by atoms with van der Waals surface area (Å²) in [5, 5.41) is 2.30. The lowest BCUT2D eigenvalue weighted by molar-refractivity contribution is 0.149. The smallest absolute Gasteiger partial charge is 0.0329 e. The van der Waals surface area contributed by atoms with Gasteiger partial charge < -0.3 is 4.90 Å². The van der Waals surface area contributed by atoms with Gasteiger partial charge in [0.15, 0.2) is 0 Å². The van der Waals surface area contributed by atoms with Crippen LogP contribution >= 0.6 is 11.3 Å². The van der Waals surface area contributed by atoms with Crippen molar-refractivity contribution in [2.45, 2.75) is 19.9 Å². The second kappa shape index (κ2) is 5.10. The Labute approximate surface area is 96.5 Å². The zero-order chi connectivity index (χ0) is 10.7. The van der Waals surface area contributed by atoms with Crippen LogP contribution in [0, 0.1) is 0 Å². The van der Waals surface area contributed by atoms with Gasteiger partial charge in [-0.15, -0.1) is 11.3 Å². The van der Waals surface area contributed by atoms with Crippen molar-refractivity contribution in [2.24, 2.45) is 0 Å². The fourth-order valence-corrected chi connectivity index (χ4v) is 2.93. The number of aryl methyl sites for hydroxylation is 1. The van der Waals surface area contributed by atoms with E-state index in [9.17, 15) is 0 Å². The van der Waals surface area contributed by atoms with Gasteiger partial charge in [0.2, 0.25) is 0 Å². The minimum Gasteiger partial charge on any atom is -0.304 e. The standard InChI is InChI=1S/C12H20N2S/c1-3-11-8-12(15-10-11)9-14-6-4-13(2)5-7-14/h8,10H,3-7,9H2,1-2H3. The molecule has 0 aromatic carbocycles. The van der Waals surface area contributed by atoms with E-state index in [1.165, 1.54) is 43.0 Å². The minimum absolute atomic E-state index is 1.15. The third kappa shape index (κ3) is 3.03. The number of thiophene rings is 1. The van der Waals surface area contributed by atoms with Gasteiger partial charge in [0, 0.05) is 37.6 Å². The van der Waals surface area contributed by atoms with Crippen LogP contribution in [0.4, 0.5) is 0 Å². The fourth-order valence-electron chi connectivity index (χ4n) is 1.92. The molecule has 0 bridgehead atoms. The van der Waals surface area contributed by atoms with Gasteiger partial charge in [0.1, 0.15) is 0 Å². The van der Waals surface area contributed by atoms with Crippen molar-refractivity contribution >= 4 is 11.3 Å². The summed E-state index contributed by atoms with van der Waals surface area (Å²) in [7, 11) is 2.21. The van der Waals surface area contributed by atoms with Crippen LogP contribution in [0.15, 0.2) is 11.4 Å². The Morgan fingerprint density at radius 3 is 2.60 bits per heavy atom. The summed E-state index contributed by atoms with van der Waals surface area (Å²) in [5.74, 6) is 0. The van der Waals surface area contributed by atoms with E-state index in [2.05, 4.69) is 35.2 Å². The van der Waals surface area contributed by atoms with E-state index in [0.717, 1.165) is 6.54 Å². The number of hydrogen-bond acceptors (Lipinski definition) is 3.